The number of hydrazine groups is 1. The number of carbonyl (C=O) groups excluding carboxylic acids is 2. The Morgan fingerprint density at radius 2 is 1.73 bits per heavy atom. The first-order chi connectivity index (χ1) is 12.3. The maximum atomic E-state index is 13.4. The molecule has 0 atom stereocenters. The van der Waals surface area contributed by atoms with Crippen LogP contribution >= 0.6 is 0 Å². The lowest BCUT2D eigenvalue weighted by molar-refractivity contribution is -0.126. The van der Waals surface area contributed by atoms with Crippen molar-refractivity contribution in [1.29, 1.82) is 0 Å². The summed E-state index contributed by atoms with van der Waals surface area (Å²) in [5, 5.41) is 1.27. The van der Waals surface area contributed by atoms with Crippen molar-refractivity contribution in [2.24, 2.45) is 0 Å². The number of hydrogen-bond donors (Lipinski definition) is 1. The van der Waals surface area contributed by atoms with Crippen LogP contribution in [0.2, 0.25) is 0 Å². The van der Waals surface area contributed by atoms with Crippen molar-refractivity contribution in [2.75, 3.05) is 0 Å². The molecule has 0 aliphatic carbocycles. The summed E-state index contributed by atoms with van der Waals surface area (Å²) in [4.78, 5) is 25.0. The fourth-order valence-electron chi connectivity index (χ4n) is 2.55. The molecule has 0 saturated heterocycles. The minimum absolute atomic E-state index is 0.199. The molecular formula is C21H25FN2O2. The monoisotopic (exact) mass is 356 g/mol. The van der Waals surface area contributed by atoms with E-state index in [1.54, 1.807) is 0 Å². The third-order valence-electron chi connectivity index (χ3n) is 3.89. The Morgan fingerprint density at radius 1 is 1.04 bits per heavy atom. The molecule has 0 spiro atoms. The van der Waals surface area contributed by atoms with E-state index >= 15 is 0 Å². The van der Waals surface area contributed by atoms with Crippen molar-refractivity contribution in [1.82, 2.24) is 10.4 Å². The van der Waals surface area contributed by atoms with E-state index in [0.717, 1.165) is 6.42 Å². The van der Waals surface area contributed by atoms with Crippen LogP contribution in [0.25, 0.3) is 0 Å². The molecule has 0 bridgehead atoms. The molecule has 2 amide bonds. The summed E-state index contributed by atoms with van der Waals surface area (Å²) in [6.45, 7) is 5.44. The van der Waals surface area contributed by atoms with Gasteiger partial charge in [-0.1, -0.05) is 36.4 Å². The van der Waals surface area contributed by atoms with Crippen LogP contribution in [-0.4, -0.2) is 22.4 Å². The molecule has 0 unspecified atom stereocenters. The molecule has 5 heteroatoms. The van der Waals surface area contributed by atoms with E-state index in [-0.39, 0.29) is 11.5 Å². The van der Waals surface area contributed by atoms with Crippen molar-refractivity contribution in [3.63, 3.8) is 0 Å². The normalized spacial score (nSPS) is 11.1. The number of nitrogens with one attached hydrogen (secondary N) is 1. The maximum Gasteiger partial charge on any atom is 0.272 e. The third-order valence-corrected chi connectivity index (χ3v) is 3.89. The minimum atomic E-state index is -0.640. The highest BCUT2D eigenvalue weighted by molar-refractivity contribution is 5.95. The number of hydrogen-bond acceptors (Lipinski definition) is 2. The lowest BCUT2D eigenvalue weighted by atomic mass is 10.1. The zero-order chi connectivity index (χ0) is 19.2. The lowest BCUT2D eigenvalue weighted by Gasteiger charge is -2.35. The second-order valence-electron chi connectivity index (χ2n) is 7.20. The molecule has 138 valence electrons. The molecule has 2 aromatic rings. The van der Waals surface area contributed by atoms with Crippen LogP contribution in [0, 0.1) is 5.82 Å². The lowest BCUT2D eigenvalue weighted by Crippen LogP contribution is -2.55. The molecule has 0 radical (unpaired) electrons. The van der Waals surface area contributed by atoms with Crippen LogP contribution < -0.4 is 5.43 Å². The topological polar surface area (TPSA) is 49.4 Å². The number of aryl methyl sites for hydroxylation is 1. The van der Waals surface area contributed by atoms with Crippen LogP contribution in [0.5, 0.6) is 0 Å². The Morgan fingerprint density at radius 3 is 2.35 bits per heavy atom. The third kappa shape index (κ3) is 5.69. The Labute approximate surface area is 154 Å². The largest absolute Gasteiger partial charge is 0.273 e. The highest BCUT2D eigenvalue weighted by Gasteiger charge is 2.29. The molecular weight excluding hydrogens is 331 g/mol. The van der Waals surface area contributed by atoms with Gasteiger partial charge in [-0.05, 0) is 57.4 Å². The summed E-state index contributed by atoms with van der Waals surface area (Å²) in [6.07, 6.45) is 1.78. The van der Waals surface area contributed by atoms with Gasteiger partial charge in [0, 0.05) is 12.0 Å². The van der Waals surface area contributed by atoms with Crippen molar-refractivity contribution in [3.05, 3.63) is 71.5 Å². The first-order valence-corrected chi connectivity index (χ1v) is 8.71. The number of nitrogens with zero attached hydrogens (tertiary/aromatic N) is 1. The summed E-state index contributed by atoms with van der Waals surface area (Å²) in [7, 11) is 0. The quantitative estimate of drug-likeness (QED) is 0.819. The SMILES string of the molecule is CC(C)(C)N(NC(=O)CCCc1ccccc1)C(=O)c1cccc(F)c1. The highest BCUT2D eigenvalue weighted by atomic mass is 19.1. The fraction of sp³-hybridized carbons (Fsp3) is 0.333. The van der Waals surface area contributed by atoms with Crippen LogP contribution in [0.3, 0.4) is 0 Å². The maximum absolute atomic E-state index is 13.4. The number of rotatable bonds is 5. The summed E-state index contributed by atoms with van der Waals surface area (Å²) in [6, 6.07) is 15.4. The fourth-order valence-corrected chi connectivity index (χ4v) is 2.55. The van der Waals surface area contributed by atoms with Gasteiger partial charge in [0.2, 0.25) is 5.91 Å². The standard InChI is InChI=1S/C21H25FN2O2/c1-21(2,3)24(20(26)17-12-8-13-18(22)15-17)23-19(25)14-7-11-16-9-5-4-6-10-16/h4-6,8-10,12-13,15H,7,11,14H2,1-3H3,(H,23,25). The molecule has 4 nitrogen and oxygen atoms in total. The van der Waals surface area contributed by atoms with Gasteiger partial charge < -0.3 is 0 Å². The predicted octanol–water partition coefficient (Wildman–Crippen LogP) is 4.12. The first-order valence-electron chi connectivity index (χ1n) is 8.71. The summed E-state index contributed by atoms with van der Waals surface area (Å²) < 4.78 is 13.4. The van der Waals surface area contributed by atoms with Crippen molar-refractivity contribution >= 4 is 11.8 Å². The van der Waals surface area contributed by atoms with Gasteiger partial charge in [0.1, 0.15) is 5.82 Å². The minimum Gasteiger partial charge on any atom is -0.273 e. The molecule has 0 saturated carbocycles. The van der Waals surface area contributed by atoms with Gasteiger partial charge in [0.05, 0.1) is 5.54 Å². The number of carbonyl (C=O) groups is 2. The van der Waals surface area contributed by atoms with Gasteiger partial charge >= 0.3 is 0 Å². The number of benzene rings is 2. The van der Waals surface area contributed by atoms with E-state index in [2.05, 4.69) is 5.43 Å². The Balaban J connectivity index is 1.99. The predicted molar refractivity (Wildman–Crippen MR) is 99.8 cm³/mol. The van der Waals surface area contributed by atoms with E-state index in [0.29, 0.717) is 12.8 Å². The van der Waals surface area contributed by atoms with Gasteiger partial charge in [0.15, 0.2) is 0 Å². The molecule has 2 aromatic carbocycles. The summed E-state index contributed by atoms with van der Waals surface area (Å²) >= 11 is 0. The smallest absolute Gasteiger partial charge is 0.272 e. The summed E-state index contributed by atoms with van der Waals surface area (Å²) in [5.74, 6) is -1.16. The molecule has 26 heavy (non-hydrogen) atoms. The molecule has 0 heterocycles. The van der Waals surface area contributed by atoms with Crippen LogP contribution in [0.4, 0.5) is 4.39 Å². The van der Waals surface area contributed by atoms with Gasteiger partial charge in [-0.3, -0.25) is 15.0 Å². The number of halogens is 1. The second-order valence-corrected chi connectivity index (χ2v) is 7.20. The molecule has 0 aromatic heterocycles. The summed E-state index contributed by atoms with van der Waals surface area (Å²) in [5.41, 5.74) is 3.41. The zero-order valence-electron chi connectivity index (χ0n) is 15.5. The van der Waals surface area contributed by atoms with Crippen LogP contribution in [0.1, 0.15) is 49.5 Å². The van der Waals surface area contributed by atoms with E-state index < -0.39 is 17.3 Å². The number of amides is 2. The van der Waals surface area contributed by atoms with E-state index in [9.17, 15) is 14.0 Å². The molecule has 2 rings (SSSR count). The van der Waals surface area contributed by atoms with E-state index in [1.165, 1.54) is 34.8 Å². The highest BCUT2D eigenvalue weighted by Crippen LogP contribution is 2.16. The van der Waals surface area contributed by atoms with E-state index in [4.69, 9.17) is 0 Å². The molecule has 1 N–H and O–H groups in total. The van der Waals surface area contributed by atoms with Crippen LogP contribution in [0.15, 0.2) is 54.6 Å². The molecule has 0 fully saturated rings. The average molecular weight is 356 g/mol. The zero-order valence-corrected chi connectivity index (χ0v) is 15.5. The van der Waals surface area contributed by atoms with Crippen molar-refractivity contribution in [3.8, 4) is 0 Å². The Bertz CT molecular complexity index is 754. The Kier molecular flexibility index (Phi) is 6.50. The van der Waals surface area contributed by atoms with Crippen molar-refractivity contribution in [2.45, 2.75) is 45.6 Å². The Hall–Kier alpha value is -2.69. The second kappa shape index (κ2) is 8.61. The van der Waals surface area contributed by atoms with Gasteiger partial charge in [-0.25, -0.2) is 9.40 Å². The van der Waals surface area contributed by atoms with Crippen molar-refractivity contribution < 1.29 is 14.0 Å². The van der Waals surface area contributed by atoms with Gasteiger partial charge in [0.25, 0.3) is 5.91 Å². The first kappa shape index (κ1) is 19.6. The van der Waals surface area contributed by atoms with Gasteiger partial charge in [-0.2, -0.15) is 0 Å². The average Bonchev–Trinajstić information content (AvgIpc) is 2.59. The van der Waals surface area contributed by atoms with Gasteiger partial charge in [-0.15, -0.1) is 0 Å². The van der Waals surface area contributed by atoms with Crippen LogP contribution in [-0.2, 0) is 11.2 Å². The van der Waals surface area contributed by atoms with E-state index in [1.807, 2.05) is 51.1 Å². The molecule has 0 aliphatic heterocycles. The molecule has 0 aliphatic rings.